The Morgan fingerprint density at radius 3 is 2.68 bits per heavy atom. The molecule has 0 bridgehead atoms. The minimum Gasteiger partial charge on any atom is -0.480 e. The summed E-state index contributed by atoms with van der Waals surface area (Å²) in [5, 5.41) is 8.82. The number of carbonyl (C=O) groups is 2. The second-order valence-electron chi connectivity index (χ2n) is 3.71. The molecule has 1 amide bonds. The first kappa shape index (κ1) is 15.2. The second kappa shape index (κ2) is 7.58. The van der Waals surface area contributed by atoms with E-state index < -0.39 is 18.6 Å². The van der Waals surface area contributed by atoms with Crippen LogP contribution < -0.4 is 0 Å². The van der Waals surface area contributed by atoms with Crippen LogP contribution in [0.2, 0.25) is 0 Å². The van der Waals surface area contributed by atoms with Crippen LogP contribution in [0, 0.1) is 0 Å². The lowest BCUT2D eigenvalue weighted by Gasteiger charge is -2.20. The molecule has 102 valence electrons. The zero-order chi connectivity index (χ0) is 14.3. The van der Waals surface area contributed by atoms with Gasteiger partial charge in [0, 0.05) is 4.47 Å². The van der Waals surface area contributed by atoms with E-state index in [9.17, 15) is 9.59 Å². The highest BCUT2D eigenvalue weighted by molar-refractivity contribution is 9.10. The van der Waals surface area contributed by atoms with Crippen LogP contribution in [0.3, 0.4) is 0 Å². The number of carboxylic acids is 1. The lowest BCUT2D eigenvalue weighted by atomic mass is 10.2. The fourth-order valence-electron chi connectivity index (χ4n) is 1.40. The highest BCUT2D eigenvalue weighted by Gasteiger charge is 2.19. The van der Waals surface area contributed by atoms with Gasteiger partial charge in [-0.25, -0.2) is 4.79 Å². The summed E-state index contributed by atoms with van der Waals surface area (Å²) in [6.45, 7) is 3.22. The number of nitrogens with zero attached hydrogens (tertiary/aromatic N) is 1. The highest BCUT2D eigenvalue weighted by Crippen LogP contribution is 2.18. The van der Waals surface area contributed by atoms with Crippen molar-refractivity contribution in [1.82, 2.24) is 4.90 Å². The van der Waals surface area contributed by atoms with Gasteiger partial charge in [0.2, 0.25) is 0 Å². The van der Waals surface area contributed by atoms with Crippen molar-refractivity contribution in [3.05, 3.63) is 47.0 Å². The molecule has 0 unspecified atom stereocenters. The molecule has 0 saturated carbocycles. The fourth-order valence-corrected chi connectivity index (χ4v) is 1.81. The summed E-state index contributed by atoms with van der Waals surface area (Å²) < 4.78 is 5.66. The molecule has 1 N–H and O–H groups in total. The minimum absolute atomic E-state index is 0.0465. The number of carbonyl (C=O) groups excluding carboxylic acids is 1. The number of ether oxygens (including phenoxy) is 1. The summed E-state index contributed by atoms with van der Waals surface area (Å²) in [5.74, 6) is -1.09. The molecule has 6 heteroatoms. The van der Waals surface area contributed by atoms with E-state index in [-0.39, 0.29) is 13.2 Å². The van der Waals surface area contributed by atoms with E-state index in [1.807, 2.05) is 18.2 Å². The third-order valence-electron chi connectivity index (χ3n) is 2.23. The normalized spacial score (nSPS) is 9.74. The van der Waals surface area contributed by atoms with Gasteiger partial charge in [-0.05, 0) is 11.6 Å². The number of carboxylic acid groups (broad SMARTS) is 1. The highest BCUT2D eigenvalue weighted by atomic mass is 79.9. The molecule has 0 aliphatic heterocycles. The summed E-state index contributed by atoms with van der Waals surface area (Å²) >= 11 is 3.35. The molecule has 0 fully saturated rings. The first-order chi connectivity index (χ1) is 9.04. The first-order valence-electron chi connectivity index (χ1n) is 5.52. The molecular formula is C13H14BrNO4. The number of aliphatic carboxylic acids is 1. The molecule has 0 heterocycles. The third kappa shape index (κ3) is 5.13. The molecule has 0 aliphatic carbocycles. The van der Waals surface area contributed by atoms with Gasteiger partial charge in [-0.1, -0.05) is 46.8 Å². The Kier molecular flexibility index (Phi) is 6.08. The summed E-state index contributed by atoms with van der Waals surface area (Å²) in [6.07, 6.45) is 0.744. The SMILES string of the molecule is C=CCOC(=O)N(CC(=O)O)Cc1ccccc1Br. The van der Waals surface area contributed by atoms with Crippen LogP contribution >= 0.6 is 15.9 Å². The van der Waals surface area contributed by atoms with E-state index in [4.69, 9.17) is 9.84 Å². The van der Waals surface area contributed by atoms with Gasteiger partial charge in [0.25, 0.3) is 0 Å². The van der Waals surface area contributed by atoms with Gasteiger partial charge in [-0.15, -0.1) is 0 Å². The Labute approximate surface area is 119 Å². The first-order valence-corrected chi connectivity index (χ1v) is 6.31. The largest absolute Gasteiger partial charge is 0.480 e. The molecule has 0 aromatic heterocycles. The number of hydrogen-bond acceptors (Lipinski definition) is 3. The van der Waals surface area contributed by atoms with E-state index in [1.54, 1.807) is 6.07 Å². The van der Waals surface area contributed by atoms with Crippen molar-refractivity contribution in [2.24, 2.45) is 0 Å². The summed E-state index contributed by atoms with van der Waals surface area (Å²) in [6, 6.07) is 7.28. The lowest BCUT2D eigenvalue weighted by molar-refractivity contribution is -0.138. The predicted molar refractivity (Wildman–Crippen MR) is 73.7 cm³/mol. The van der Waals surface area contributed by atoms with Crippen LogP contribution in [0.25, 0.3) is 0 Å². The molecule has 19 heavy (non-hydrogen) atoms. The fraction of sp³-hybridized carbons (Fsp3) is 0.231. The molecule has 0 saturated heterocycles. The number of hydrogen-bond donors (Lipinski definition) is 1. The Morgan fingerprint density at radius 1 is 1.42 bits per heavy atom. The Morgan fingerprint density at radius 2 is 2.11 bits per heavy atom. The standard InChI is InChI=1S/C13H14BrNO4/c1-2-7-19-13(18)15(9-12(16)17)8-10-5-3-4-6-11(10)14/h2-6H,1,7-9H2,(H,16,17). The number of amides is 1. The average molecular weight is 328 g/mol. The van der Waals surface area contributed by atoms with Crippen LogP contribution in [0.5, 0.6) is 0 Å². The van der Waals surface area contributed by atoms with Gasteiger partial charge in [-0.2, -0.15) is 0 Å². The van der Waals surface area contributed by atoms with Crippen molar-refractivity contribution in [2.45, 2.75) is 6.54 Å². The molecule has 0 radical (unpaired) electrons. The summed E-state index contributed by atoms with van der Waals surface area (Å²) in [7, 11) is 0. The average Bonchev–Trinajstić information content (AvgIpc) is 2.37. The lowest BCUT2D eigenvalue weighted by Crippen LogP contribution is -2.35. The molecule has 0 aliphatic rings. The Balaban J connectivity index is 2.79. The van der Waals surface area contributed by atoms with Gasteiger partial charge in [-0.3, -0.25) is 9.69 Å². The molecule has 1 aromatic rings. The van der Waals surface area contributed by atoms with Crippen molar-refractivity contribution < 1.29 is 19.4 Å². The second-order valence-corrected chi connectivity index (χ2v) is 4.56. The molecule has 0 spiro atoms. The summed E-state index contributed by atoms with van der Waals surface area (Å²) in [5.41, 5.74) is 0.805. The maximum atomic E-state index is 11.7. The van der Waals surface area contributed by atoms with Crippen molar-refractivity contribution in [3.8, 4) is 0 Å². The Bertz CT molecular complexity index is 475. The molecule has 1 aromatic carbocycles. The minimum atomic E-state index is -1.09. The predicted octanol–water partition coefficient (Wildman–Crippen LogP) is 2.66. The van der Waals surface area contributed by atoms with Gasteiger partial charge in [0.1, 0.15) is 13.2 Å². The molecule has 1 rings (SSSR count). The smallest absolute Gasteiger partial charge is 0.410 e. The maximum absolute atomic E-state index is 11.7. The monoisotopic (exact) mass is 327 g/mol. The van der Waals surface area contributed by atoms with Crippen LogP contribution in [0.1, 0.15) is 5.56 Å². The van der Waals surface area contributed by atoms with Crippen molar-refractivity contribution >= 4 is 28.0 Å². The van der Waals surface area contributed by atoms with E-state index in [0.29, 0.717) is 0 Å². The zero-order valence-electron chi connectivity index (χ0n) is 10.2. The third-order valence-corrected chi connectivity index (χ3v) is 3.00. The number of benzene rings is 1. The van der Waals surface area contributed by atoms with E-state index >= 15 is 0 Å². The van der Waals surface area contributed by atoms with Gasteiger partial charge in [0.15, 0.2) is 0 Å². The number of rotatable bonds is 6. The zero-order valence-corrected chi connectivity index (χ0v) is 11.8. The van der Waals surface area contributed by atoms with E-state index in [0.717, 1.165) is 14.9 Å². The maximum Gasteiger partial charge on any atom is 0.410 e. The van der Waals surface area contributed by atoms with Crippen LogP contribution in [-0.2, 0) is 16.1 Å². The Hall–Kier alpha value is -1.82. The van der Waals surface area contributed by atoms with Crippen molar-refractivity contribution in [2.75, 3.05) is 13.2 Å². The van der Waals surface area contributed by atoms with Crippen LogP contribution in [0.4, 0.5) is 4.79 Å². The van der Waals surface area contributed by atoms with Gasteiger partial charge < -0.3 is 9.84 Å². The van der Waals surface area contributed by atoms with E-state index in [1.165, 1.54) is 6.08 Å². The van der Waals surface area contributed by atoms with Crippen molar-refractivity contribution in [3.63, 3.8) is 0 Å². The van der Waals surface area contributed by atoms with E-state index in [2.05, 4.69) is 22.5 Å². The van der Waals surface area contributed by atoms with Crippen molar-refractivity contribution in [1.29, 1.82) is 0 Å². The van der Waals surface area contributed by atoms with Gasteiger partial charge in [0.05, 0.1) is 6.54 Å². The quantitative estimate of drug-likeness (QED) is 0.815. The van der Waals surface area contributed by atoms with Crippen LogP contribution in [0.15, 0.2) is 41.4 Å². The molecular weight excluding hydrogens is 314 g/mol. The number of halogens is 1. The van der Waals surface area contributed by atoms with Crippen LogP contribution in [-0.4, -0.2) is 35.2 Å². The summed E-state index contributed by atoms with van der Waals surface area (Å²) in [4.78, 5) is 23.6. The molecule has 5 nitrogen and oxygen atoms in total. The topological polar surface area (TPSA) is 66.8 Å². The molecule has 0 atom stereocenters. The van der Waals surface area contributed by atoms with Gasteiger partial charge >= 0.3 is 12.1 Å².